The van der Waals surface area contributed by atoms with Crippen LogP contribution in [-0.4, -0.2) is 53.3 Å². The zero-order chi connectivity index (χ0) is 21.2. The normalized spacial score (nSPS) is 19.2. The highest BCUT2D eigenvalue weighted by Crippen LogP contribution is 2.30. The third-order valence-electron chi connectivity index (χ3n) is 4.66. The average Bonchev–Trinajstić information content (AvgIpc) is 2.70. The number of carbonyl (C=O) groups is 2. The van der Waals surface area contributed by atoms with Crippen LogP contribution < -0.4 is 4.74 Å². The van der Waals surface area contributed by atoms with Crippen molar-refractivity contribution in [2.45, 2.75) is 25.4 Å². The summed E-state index contributed by atoms with van der Waals surface area (Å²) in [6.07, 6.45) is 2.44. The van der Waals surface area contributed by atoms with Gasteiger partial charge >= 0.3 is 11.9 Å². The molecular weight excluding hydrogens is 370 g/mol. The van der Waals surface area contributed by atoms with Gasteiger partial charge in [0, 0.05) is 31.2 Å². The van der Waals surface area contributed by atoms with Crippen molar-refractivity contribution in [2.24, 2.45) is 0 Å². The lowest BCUT2D eigenvalue weighted by molar-refractivity contribution is -0.134. The molecule has 2 N–H and O–H groups in total. The second-order valence-electron chi connectivity index (χ2n) is 7.05. The van der Waals surface area contributed by atoms with Crippen molar-refractivity contribution in [2.75, 3.05) is 20.1 Å². The van der Waals surface area contributed by atoms with Gasteiger partial charge in [0.1, 0.15) is 11.9 Å². The number of piperidine rings is 1. The first-order chi connectivity index (χ1) is 13.8. The lowest BCUT2D eigenvalue weighted by Gasteiger charge is -2.37. The van der Waals surface area contributed by atoms with Crippen LogP contribution in [0.5, 0.6) is 5.75 Å². The maximum absolute atomic E-state index is 9.55. The third-order valence-corrected chi connectivity index (χ3v) is 4.66. The average molecular weight is 397 g/mol. The maximum atomic E-state index is 9.55. The molecule has 0 aromatic heterocycles. The van der Waals surface area contributed by atoms with Crippen molar-refractivity contribution in [3.05, 3.63) is 77.9 Å². The molecule has 1 aliphatic heterocycles. The predicted octanol–water partition coefficient (Wildman–Crippen LogP) is 3.57. The van der Waals surface area contributed by atoms with Crippen molar-refractivity contribution in [1.82, 2.24) is 4.90 Å². The van der Waals surface area contributed by atoms with Gasteiger partial charge in [-0.2, -0.15) is 0 Å². The summed E-state index contributed by atoms with van der Waals surface area (Å²) in [5.41, 5.74) is 2.64. The van der Waals surface area contributed by atoms with E-state index in [0.29, 0.717) is 18.1 Å². The Morgan fingerprint density at radius 1 is 1.00 bits per heavy atom. The molecule has 29 heavy (non-hydrogen) atoms. The molecule has 154 valence electrons. The molecule has 2 atom stereocenters. The van der Waals surface area contributed by atoms with Gasteiger partial charge in [-0.05, 0) is 38.1 Å². The molecule has 0 amide bonds. The van der Waals surface area contributed by atoms with E-state index >= 15 is 0 Å². The lowest BCUT2D eigenvalue weighted by Crippen LogP contribution is -2.42. The number of carboxylic acids is 2. The number of likely N-dealkylation sites (N-methyl/N-ethyl adjacent to an activating group) is 1. The molecule has 1 fully saturated rings. The smallest absolute Gasteiger partial charge is 0.328 e. The Hall–Kier alpha value is -3.12. The van der Waals surface area contributed by atoms with Gasteiger partial charge in [0.25, 0.3) is 0 Å². The van der Waals surface area contributed by atoms with Crippen molar-refractivity contribution >= 4 is 11.9 Å². The highest BCUT2D eigenvalue weighted by atomic mass is 16.5. The molecule has 0 aliphatic carbocycles. The number of aryl methyl sites for hydroxylation is 1. The molecule has 2 aromatic rings. The van der Waals surface area contributed by atoms with Gasteiger partial charge in [-0.25, -0.2) is 9.59 Å². The van der Waals surface area contributed by atoms with Gasteiger partial charge in [0.15, 0.2) is 0 Å². The molecule has 0 saturated carbocycles. The fraction of sp³-hybridized carbons (Fsp3) is 0.304. The standard InChI is InChI=1S/C19H23NO.C4H4O4/c1-15-8-10-17(11-9-15)21-19-12-13-20(2)14-18(19)16-6-4-3-5-7-16;5-3(6)1-2-4(7)8/h3-11,18-19H,12-14H2,1-2H3;1-2H,(H,5,6)(H,7,8)/b;2-1-/t18-,19+;/m1./s1. The quantitative estimate of drug-likeness (QED) is 0.750. The molecule has 3 rings (SSSR count). The fourth-order valence-electron chi connectivity index (χ4n) is 3.19. The van der Waals surface area contributed by atoms with E-state index < -0.39 is 11.9 Å². The molecular formula is C23H27NO5. The van der Waals surface area contributed by atoms with Crippen molar-refractivity contribution in [3.63, 3.8) is 0 Å². The minimum absolute atomic E-state index is 0.256. The van der Waals surface area contributed by atoms with E-state index in [0.717, 1.165) is 25.3 Å². The number of benzene rings is 2. The van der Waals surface area contributed by atoms with E-state index in [1.165, 1.54) is 11.1 Å². The van der Waals surface area contributed by atoms with Gasteiger partial charge < -0.3 is 19.8 Å². The minimum Gasteiger partial charge on any atom is -0.490 e. The minimum atomic E-state index is -1.26. The Labute approximate surface area is 171 Å². The van der Waals surface area contributed by atoms with Crippen LogP contribution in [0.3, 0.4) is 0 Å². The molecule has 0 radical (unpaired) electrons. The SMILES string of the molecule is Cc1ccc(O[C@H]2CCN(C)C[C@@H]2c2ccccc2)cc1.O=C(O)/C=C\C(=O)O. The summed E-state index contributed by atoms with van der Waals surface area (Å²) in [4.78, 5) is 21.5. The van der Waals surface area contributed by atoms with Gasteiger partial charge in [0.2, 0.25) is 0 Å². The van der Waals surface area contributed by atoms with E-state index in [-0.39, 0.29) is 6.10 Å². The number of ether oxygens (including phenoxy) is 1. The van der Waals surface area contributed by atoms with Crippen molar-refractivity contribution in [3.8, 4) is 5.75 Å². The van der Waals surface area contributed by atoms with Crippen LogP contribution in [-0.2, 0) is 9.59 Å². The number of hydrogen-bond acceptors (Lipinski definition) is 4. The fourth-order valence-corrected chi connectivity index (χ4v) is 3.19. The van der Waals surface area contributed by atoms with Gasteiger partial charge in [-0.1, -0.05) is 48.0 Å². The Kier molecular flexibility index (Phi) is 8.43. The highest BCUT2D eigenvalue weighted by Gasteiger charge is 2.30. The van der Waals surface area contributed by atoms with Crippen molar-refractivity contribution in [1.29, 1.82) is 0 Å². The van der Waals surface area contributed by atoms with Crippen molar-refractivity contribution < 1.29 is 24.5 Å². The van der Waals surface area contributed by atoms with Crippen LogP contribution in [0.1, 0.15) is 23.5 Å². The van der Waals surface area contributed by atoms with Crippen LogP contribution in [0.15, 0.2) is 66.7 Å². The molecule has 1 saturated heterocycles. The van der Waals surface area contributed by atoms with E-state index in [1.54, 1.807) is 0 Å². The van der Waals surface area contributed by atoms with E-state index in [2.05, 4.69) is 73.5 Å². The molecule has 0 unspecified atom stereocenters. The van der Waals surface area contributed by atoms with Crippen LogP contribution in [0, 0.1) is 6.92 Å². The van der Waals surface area contributed by atoms with Gasteiger partial charge in [-0.15, -0.1) is 0 Å². The molecule has 0 bridgehead atoms. The van der Waals surface area contributed by atoms with Crippen LogP contribution >= 0.6 is 0 Å². The van der Waals surface area contributed by atoms with Crippen LogP contribution in [0.2, 0.25) is 0 Å². The van der Waals surface area contributed by atoms with E-state index in [4.69, 9.17) is 14.9 Å². The summed E-state index contributed by atoms with van der Waals surface area (Å²) in [6.45, 7) is 4.26. The van der Waals surface area contributed by atoms with Gasteiger partial charge in [0.05, 0.1) is 0 Å². The largest absolute Gasteiger partial charge is 0.490 e. The van der Waals surface area contributed by atoms with E-state index in [9.17, 15) is 9.59 Å². The summed E-state index contributed by atoms with van der Waals surface area (Å²) in [5.74, 6) is -1.10. The van der Waals surface area contributed by atoms with Gasteiger partial charge in [-0.3, -0.25) is 0 Å². The van der Waals surface area contributed by atoms with E-state index in [1.807, 2.05) is 0 Å². The Balaban J connectivity index is 0.000000321. The molecule has 1 aliphatic rings. The third kappa shape index (κ3) is 7.79. The maximum Gasteiger partial charge on any atom is 0.328 e. The number of rotatable bonds is 5. The summed E-state index contributed by atoms with van der Waals surface area (Å²) in [5, 5.41) is 15.6. The predicted molar refractivity (Wildman–Crippen MR) is 111 cm³/mol. The summed E-state index contributed by atoms with van der Waals surface area (Å²) in [6, 6.07) is 19.1. The molecule has 2 aromatic carbocycles. The molecule has 0 spiro atoms. The lowest BCUT2D eigenvalue weighted by atomic mass is 9.88. The zero-order valence-corrected chi connectivity index (χ0v) is 16.7. The number of nitrogens with zero attached hydrogens (tertiary/aromatic N) is 1. The Bertz CT molecular complexity index is 801. The first-order valence-electron chi connectivity index (χ1n) is 9.46. The second kappa shape index (κ2) is 11.0. The monoisotopic (exact) mass is 397 g/mol. The number of likely N-dealkylation sites (tertiary alicyclic amines) is 1. The molecule has 6 heteroatoms. The number of hydrogen-bond donors (Lipinski definition) is 2. The summed E-state index contributed by atoms with van der Waals surface area (Å²) in [7, 11) is 2.19. The summed E-state index contributed by atoms with van der Waals surface area (Å²) < 4.78 is 6.30. The zero-order valence-electron chi connectivity index (χ0n) is 16.7. The second-order valence-corrected chi connectivity index (χ2v) is 7.05. The first-order valence-corrected chi connectivity index (χ1v) is 9.46. The number of aliphatic carboxylic acids is 2. The van der Waals surface area contributed by atoms with Crippen LogP contribution in [0.4, 0.5) is 0 Å². The topological polar surface area (TPSA) is 87.1 Å². The highest BCUT2D eigenvalue weighted by molar-refractivity contribution is 5.89. The molecule has 6 nitrogen and oxygen atoms in total. The van der Waals surface area contributed by atoms with Crippen LogP contribution in [0.25, 0.3) is 0 Å². The summed E-state index contributed by atoms with van der Waals surface area (Å²) >= 11 is 0. The Morgan fingerprint density at radius 2 is 1.59 bits per heavy atom. The first kappa shape index (κ1) is 22.2. The molecule has 1 heterocycles. The Morgan fingerprint density at radius 3 is 2.14 bits per heavy atom. The number of carboxylic acid groups (broad SMARTS) is 2.